The normalized spacial score (nSPS) is 24.6. The zero-order chi connectivity index (χ0) is 10.1. The van der Waals surface area contributed by atoms with Gasteiger partial charge in [0, 0.05) is 0 Å². The average molecular weight is 190 g/mol. The largest absolute Gasteiger partial charge is 0.481 e. The van der Waals surface area contributed by atoms with Crippen LogP contribution in [0.4, 0.5) is 0 Å². The van der Waals surface area contributed by atoms with E-state index >= 15 is 0 Å². The minimum Gasteiger partial charge on any atom is -0.481 e. The van der Waals surface area contributed by atoms with E-state index in [1.165, 1.54) is 11.1 Å². The zero-order valence-electron chi connectivity index (χ0n) is 8.23. The van der Waals surface area contributed by atoms with Crippen LogP contribution in [0.1, 0.15) is 17.5 Å². The summed E-state index contributed by atoms with van der Waals surface area (Å²) in [5.41, 5.74) is 2.50. The Morgan fingerprint density at radius 2 is 2.07 bits per heavy atom. The molecule has 0 bridgehead atoms. The van der Waals surface area contributed by atoms with Gasteiger partial charge in [0.15, 0.2) is 0 Å². The summed E-state index contributed by atoms with van der Waals surface area (Å²) in [6.45, 7) is 2.06. The summed E-state index contributed by atoms with van der Waals surface area (Å²) in [6, 6.07) is 8.33. The van der Waals surface area contributed by atoms with Crippen molar-refractivity contribution in [3.05, 3.63) is 35.4 Å². The van der Waals surface area contributed by atoms with Crippen LogP contribution in [0, 0.1) is 18.8 Å². The Kier molecular flexibility index (Phi) is 2.28. The fourth-order valence-electron chi connectivity index (χ4n) is 1.80. The van der Waals surface area contributed by atoms with Gasteiger partial charge in [0.1, 0.15) is 0 Å². The molecule has 2 heteroatoms. The van der Waals surface area contributed by atoms with Crippen molar-refractivity contribution >= 4 is 5.97 Å². The maximum atomic E-state index is 10.6. The lowest BCUT2D eigenvalue weighted by Crippen LogP contribution is -2.01. The van der Waals surface area contributed by atoms with E-state index in [4.69, 9.17) is 5.11 Å². The molecule has 0 radical (unpaired) electrons. The predicted molar refractivity (Wildman–Crippen MR) is 54.1 cm³/mol. The lowest BCUT2D eigenvalue weighted by atomic mass is 10.1. The number of aryl methyl sites for hydroxylation is 1. The smallest absolute Gasteiger partial charge is 0.306 e. The van der Waals surface area contributed by atoms with Crippen LogP contribution >= 0.6 is 0 Å². The zero-order valence-corrected chi connectivity index (χ0v) is 8.23. The van der Waals surface area contributed by atoms with E-state index in [9.17, 15) is 4.79 Å². The van der Waals surface area contributed by atoms with E-state index in [1.807, 2.05) is 0 Å². The van der Waals surface area contributed by atoms with Crippen molar-refractivity contribution in [1.29, 1.82) is 0 Å². The number of carboxylic acids is 1. The summed E-state index contributed by atoms with van der Waals surface area (Å²) in [7, 11) is 0. The van der Waals surface area contributed by atoms with Gasteiger partial charge in [0.05, 0.1) is 5.92 Å². The van der Waals surface area contributed by atoms with E-state index in [-0.39, 0.29) is 5.92 Å². The molecule has 1 N–H and O–H groups in total. The fraction of sp³-hybridized carbons (Fsp3) is 0.417. The predicted octanol–water partition coefficient (Wildman–Crippen LogP) is 2.26. The van der Waals surface area contributed by atoms with Gasteiger partial charge in [0.25, 0.3) is 0 Å². The average Bonchev–Trinajstić information content (AvgIpc) is 2.88. The molecule has 1 aromatic carbocycles. The molecule has 2 rings (SSSR count). The van der Waals surface area contributed by atoms with Crippen LogP contribution in [0.2, 0.25) is 0 Å². The van der Waals surface area contributed by atoms with Crippen LogP contribution < -0.4 is 0 Å². The second-order valence-electron chi connectivity index (χ2n) is 4.13. The maximum absolute atomic E-state index is 10.6. The lowest BCUT2D eigenvalue weighted by Gasteiger charge is -1.99. The first-order chi connectivity index (χ1) is 6.66. The molecule has 1 fully saturated rings. The summed E-state index contributed by atoms with van der Waals surface area (Å²) in [5.74, 6) is -0.353. The highest BCUT2D eigenvalue weighted by Crippen LogP contribution is 2.41. The van der Waals surface area contributed by atoms with Crippen LogP contribution in [0.25, 0.3) is 0 Å². The molecule has 1 saturated carbocycles. The Labute approximate surface area is 83.6 Å². The topological polar surface area (TPSA) is 37.3 Å². The van der Waals surface area contributed by atoms with Crippen molar-refractivity contribution in [2.24, 2.45) is 11.8 Å². The Hall–Kier alpha value is -1.31. The summed E-state index contributed by atoms with van der Waals surface area (Å²) >= 11 is 0. The van der Waals surface area contributed by atoms with Gasteiger partial charge in [-0.1, -0.05) is 29.8 Å². The Balaban J connectivity index is 1.94. The van der Waals surface area contributed by atoms with Crippen molar-refractivity contribution in [2.75, 3.05) is 0 Å². The first-order valence-corrected chi connectivity index (χ1v) is 4.95. The van der Waals surface area contributed by atoms with Gasteiger partial charge in [-0.05, 0) is 31.2 Å². The second-order valence-corrected chi connectivity index (χ2v) is 4.13. The van der Waals surface area contributed by atoms with Gasteiger partial charge < -0.3 is 5.11 Å². The molecule has 0 saturated heterocycles. The van der Waals surface area contributed by atoms with E-state index < -0.39 is 5.97 Å². The molecular formula is C12H14O2. The number of hydrogen-bond acceptors (Lipinski definition) is 1. The minimum absolute atomic E-state index is 0.0868. The SMILES string of the molecule is Cc1ccc(C[C@@H]2C[C@@H]2C(=O)O)cc1. The van der Waals surface area contributed by atoms with Crippen LogP contribution in [0.15, 0.2) is 24.3 Å². The summed E-state index contributed by atoms with van der Waals surface area (Å²) in [5, 5.41) is 8.75. The third-order valence-corrected chi connectivity index (χ3v) is 2.86. The molecule has 1 aliphatic rings. The van der Waals surface area contributed by atoms with Crippen molar-refractivity contribution in [3.8, 4) is 0 Å². The monoisotopic (exact) mass is 190 g/mol. The highest BCUT2D eigenvalue weighted by Gasteiger charge is 2.42. The van der Waals surface area contributed by atoms with Gasteiger partial charge in [-0.25, -0.2) is 0 Å². The summed E-state index contributed by atoms with van der Waals surface area (Å²) < 4.78 is 0. The van der Waals surface area contributed by atoms with Crippen LogP contribution in [0.3, 0.4) is 0 Å². The number of rotatable bonds is 3. The highest BCUT2D eigenvalue weighted by molar-refractivity contribution is 5.73. The van der Waals surface area contributed by atoms with Gasteiger partial charge >= 0.3 is 5.97 Å². The number of hydrogen-bond donors (Lipinski definition) is 1. The van der Waals surface area contributed by atoms with Gasteiger partial charge in [-0.3, -0.25) is 4.79 Å². The molecule has 0 unspecified atom stereocenters. The Morgan fingerprint density at radius 1 is 1.43 bits per heavy atom. The van der Waals surface area contributed by atoms with Crippen LogP contribution in [0.5, 0.6) is 0 Å². The maximum Gasteiger partial charge on any atom is 0.306 e. The molecule has 0 aliphatic heterocycles. The standard InChI is InChI=1S/C12H14O2/c1-8-2-4-9(5-3-8)6-10-7-11(10)12(13)14/h2-5,10-11H,6-7H2,1H3,(H,13,14)/t10-,11+/m1/s1. The Bertz CT molecular complexity index is 340. The summed E-state index contributed by atoms with van der Waals surface area (Å²) in [4.78, 5) is 10.6. The van der Waals surface area contributed by atoms with Crippen molar-refractivity contribution in [1.82, 2.24) is 0 Å². The first kappa shape index (κ1) is 9.25. The van der Waals surface area contributed by atoms with Gasteiger partial charge in [-0.2, -0.15) is 0 Å². The van der Waals surface area contributed by atoms with Crippen LogP contribution in [-0.4, -0.2) is 11.1 Å². The molecule has 2 nitrogen and oxygen atoms in total. The van der Waals surface area contributed by atoms with E-state index in [1.54, 1.807) is 0 Å². The first-order valence-electron chi connectivity index (χ1n) is 4.95. The number of benzene rings is 1. The summed E-state index contributed by atoms with van der Waals surface area (Å²) in [6.07, 6.45) is 1.76. The molecular weight excluding hydrogens is 176 g/mol. The third kappa shape index (κ3) is 1.95. The second kappa shape index (κ2) is 3.45. The van der Waals surface area contributed by atoms with Crippen LogP contribution in [-0.2, 0) is 11.2 Å². The van der Waals surface area contributed by atoms with Crippen molar-refractivity contribution < 1.29 is 9.90 Å². The Morgan fingerprint density at radius 3 is 2.57 bits per heavy atom. The fourth-order valence-corrected chi connectivity index (χ4v) is 1.80. The molecule has 2 atom stereocenters. The third-order valence-electron chi connectivity index (χ3n) is 2.86. The molecule has 14 heavy (non-hydrogen) atoms. The van der Waals surface area contributed by atoms with E-state index in [0.717, 1.165) is 12.8 Å². The molecule has 1 aliphatic carbocycles. The van der Waals surface area contributed by atoms with Gasteiger partial charge in [0.2, 0.25) is 0 Å². The van der Waals surface area contributed by atoms with Crippen molar-refractivity contribution in [3.63, 3.8) is 0 Å². The molecule has 0 spiro atoms. The molecule has 1 aromatic rings. The molecule has 74 valence electrons. The lowest BCUT2D eigenvalue weighted by molar-refractivity contribution is -0.138. The van der Waals surface area contributed by atoms with Gasteiger partial charge in [-0.15, -0.1) is 0 Å². The number of carboxylic acid groups (broad SMARTS) is 1. The van der Waals surface area contributed by atoms with E-state index in [2.05, 4.69) is 31.2 Å². The highest BCUT2D eigenvalue weighted by atomic mass is 16.4. The quantitative estimate of drug-likeness (QED) is 0.793. The van der Waals surface area contributed by atoms with E-state index in [0.29, 0.717) is 5.92 Å². The molecule has 0 heterocycles. The minimum atomic E-state index is -0.637. The number of carbonyl (C=O) groups is 1. The molecule has 0 aromatic heterocycles. The number of aliphatic carboxylic acids is 1. The molecule has 0 amide bonds. The van der Waals surface area contributed by atoms with Crippen molar-refractivity contribution in [2.45, 2.75) is 19.8 Å².